The van der Waals surface area contributed by atoms with Crippen LogP contribution in [0.1, 0.15) is 24.7 Å². The minimum atomic E-state index is -3.72. The standard InChI is InChI=1S/C21H28N6O2S/c1-3-23-21(25-15-17-8-6-9-18(14-17)30(22,28)29)24-12-7-13-27-16(2)26-19-10-4-5-11-20(19)27/h4-6,8-11,14H,3,7,12-13,15H2,1-2H3,(H2,22,28,29)(H2,23,24,25). The predicted octanol–water partition coefficient (Wildman–Crippen LogP) is 2.14. The molecule has 0 bridgehead atoms. The van der Waals surface area contributed by atoms with Gasteiger partial charge in [-0.05, 0) is 50.1 Å². The molecule has 3 aromatic rings. The molecule has 8 nitrogen and oxygen atoms in total. The summed E-state index contributed by atoms with van der Waals surface area (Å²) < 4.78 is 25.3. The van der Waals surface area contributed by atoms with Gasteiger partial charge in [-0.3, -0.25) is 0 Å². The van der Waals surface area contributed by atoms with Gasteiger partial charge >= 0.3 is 0 Å². The average molecular weight is 429 g/mol. The van der Waals surface area contributed by atoms with Crippen molar-refractivity contribution in [2.24, 2.45) is 10.1 Å². The van der Waals surface area contributed by atoms with Crippen molar-refractivity contribution in [3.8, 4) is 0 Å². The average Bonchev–Trinajstić information content (AvgIpc) is 3.04. The minimum absolute atomic E-state index is 0.0936. The molecule has 0 saturated heterocycles. The summed E-state index contributed by atoms with van der Waals surface area (Å²) in [6.45, 7) is 6.71. The van der Waals surface area contributed by atoms with Gasteiger partial charge in [0.25, 0.3) is 0 Å². The van der Waals surface area contributed by atoms with Gasteiger partial charge in [-0.25, -0.2) is 23.5 Å². The summed E-state index contributed by atoms with van der Waals surface area (Å²) in [6, 6.07) is 14.7. The van der Waals surface area contributed by atoms with Crippen LogP contribution in [0.25, 0.3) is 11.0 Å². The van der Waals surface area contributed by atoms with E-state index in [1.165, 1.54) is 6.07 Å². The molecule has 1 heterocycles. The molecule has 3 rings (SSSR count). The molecule has 0 aliphatic rings. The minimum Gasteiger partial charge on any atom is -0.357 e. The van der Waals surface area contributed by atoms with Crippen molar-refractivity contribution >= 4 is 27.0 Å². The number of nitrogens with one attached hydrogen (secondary N) is 2. The Morgan fingerprint density at radius 1 is 1.17 bits per heavy atom. The third-order valence-corrected chi connectivity index (χ3v) is 5.60. The highest BCUT2D eigenvalue weighted by molar-refractivity contribution is 7.89. The summed E-state index contributed by atoms with van der Waals surface area (Å²) in [4.78, 5) is 9.24. The van der Waals surface area contributed by atoms with E-state index in [9.17, 15) is 8.42 Å². The predicted molar refractivity (Wildman–Crippen MR) is 120 cm³/mol. The third-order valence-electron chi connectivity index (χ3n) is 4.69. The number of guanidine groups is 1. The first kappa shape index (κ1) is 21.8. The second kappa shape index (κ2) is 9.73. The summed E-state index contributed by atoms with van der Waals surface area (Å²) >= 11 is 0. The number of hydrogen-bond donors (Lipinski definition) is 3. The number of benzene rings is 2. The lowest BCUT2D eigenvalue weighted by atomic mass is 10.2. The van der Waals surface area contributed by atoms with Gasteiger partial charge in [-0.2, -0.15) is 0 Å². The van der Waals surface area contributed by atoms with Crippen LogP contribution >= 0.6 is 0 Å². The van der Waals surface area contributed by atoms with E-state index >= 15 is 0 Å². The van der Waals surface area contributed by atoms with Crippen LogP contribution in [-0.2, 0) is 23.1 Å². The molecule has 0 aliphatic heterocycles. The Balaban J connectivity index is 1.58. The Morgan fingerprint density at radius 3 is 2.73 bits per heavy atom. The van der Waals surface area contributed by atoms with Crippen molar-refractivity contribution < 1.29 is 8.42 Å². The zero-order valence-electron chi connectivity index (χ0n) is 17.3. The number of fused-ring (bicyclic) bond motifs is 1. The van der Waals surface area contributed by atoms with Crippen molar-refractivity contribution in [3.63, 3.8) is 0 Å². The van der Waals surface area contributed by atoms with E-state index in [0.717, 1.165) is 48.5 Å². The molecule has 4 N–H and O–H groups in total. The van der Waals surface area contributed by atoms with Gasteiger partial charge in [-0.15, -0.1) is 0 Å². The van der Waals surface area contributed by atoms with Crippen LogP contribution in [0.15, 0.2) is 58.4 Å². The van der Waals surface area contributed by atoms with Crippen LogP contribution < -0.4 is 15.8 Å². The second-order valence-corrected chi connectivity index (χ2v) is 8.53. The van der Waals surface area contributed by atoms with Crippen LogP contribution in [0.3, 0.4) is 0 Å². The van der Waals surface area contributed by atoms with E-state index in [4.69, 9.17) is 5.14 Å². The Hall–Kier alpha value is -2.91. The molecule has 160 valence electrons. The van der Waals surface area contributed by atoms with Crippen molar-refractivity contribution in [2.75, 3.05) is 13.1 Å². The summed E-state index contributed by atoms with van der Waals surface area (Å²) in [7, 11) is -3.72. The number of imidazole rings is 1. The first-order valence-corrected chi connectivity index (χ1v) is 11.5. The number of rotatable bonds is 8. The Kier molecular flexibility index (Phi) is 7.07. The maximum atomic E-state index is 11.5. The van der Waals surface area contributed by atoms with Crippen molar-refractivity contribution in [1.82, 2.24) is 20.2 Å². The fourth-order valence-electron chi connectivity index (χ4n) is 3.26. The third kappa shape index (κ3) is 5.58. The zero-order valence-corrected chi connectivity index (χ0v) is 18.1. The van der Waals surface area contributed by atoms with Gasteiger partial charge < -0.3 is 15.2 Å². The normalized spacial score (nSPS) is 12.3. The van der Waals surface area contributed by atoms with Crippen LogP contribution in [-0.4, -0.2) is 37.0 Å². The van der Waals surface area contributed by atoms with Crippen molar-refractivity contribution in [2.45, 2.75) is 38.3 Å². The topological polar surface area (TPSA) is 114 Å². The Morgan fingerprint density at radius 2 is 1.97 bits per heavy atom. The first-order valence-electron chi connectivity index (χ1n) is 9.94. The maximum Gasteiger partial charge on any atom is 0.238 e. The van der Waals surface area contributed by atoms with Gasteiger partial charge in [0, 0.05) is 19.6 Å². The molecule has 0 amide bonds. The van der Waals surface area contributed by atoms with Crippen molar-refractivity contribution in [1.29, 1.82) is 0 Å². The highest BCUT2D eigenvalue weighted by Gasteiger charge is 2.08. The molecule has 9 heteroatoms. The molecule has 30 heavy (non-hydrogen) atoms. The molecular formula is C21H28N6O2S. The summed E-state index contributed by atoms with van der Waals surface area (Å²) in [5.41, 5.74) is 2.93. The molecule has 0 spiro atoms. The van der Waals surface area contributed by atoms with Gasteiger partial charge in [0.15, 0.2) is 5.96 Å². The molecule has 0 saturated carbocycles. The van der Waals surface area contributed by atoms with E-state index in [1.807, 2.05) is 38.1 Å². The van der Waals surface area contributed by atoms with Crippen LogP contribution in [0.5, 0.6) is 0 Å². The lowest BCUT2D eigenvalue weighted by Gasteiger charge is -2.12. The SMILES string of the molecule is CCNC(=NCc1cccc(S(N)(=O)=O)c1)NCCCn1c(C)nc2ccccc21. The highest BCUT2D eigenvalue weighted by atomic mass is 32.2. The molecule has 1 aromatic heterocycles. The fraction of sp³-hybridized carbons (Fsp3) is 0.333. The van der Waals surface area contributed by atoms with Crippen LogP contribution in [0, 0.1) is 6.92 Å². The number of sulfonamides is 1. The van der Waals surface area contributed by atoms with E-state index in [0.29, 0.717) is 12.5 Å². The van der Waals surface area contributed by atoms with Gasteiger partial charge in [0.2, 0.25) is 10.0 Å². The molecular weight excluding hydrogens is 400 g/mol. The van der Waals surface area contributed by atoms with Crippen molar-refractivity contribution in [3.05, 3.63) is 59.9 Å². The van der Waals surface area contributed by atoms with E-state index in [-0.39, 0.29) is 4.90 Å². The van der Waals surface area contributed by atoms with Gasteiger partial charge in [0.1, 0.15) is 5.82 Å². The van der Waals surface area contributed by atoms with E-state index in [2.05, 4.69) is 31.2 Å². The summed E-state index contributed by atoms with van der Waals surface area (Å²) in [6.07, 6.45) is 0.909. The quantitative estimate of drug-likeness (QED) is 0.289. The van der Waals surface area contributed by atoms with Crippen LogP contribution in [0.4, 0.5) is 0 Å². The van der Waals surface area contributed by atoms with E-state index in [1.54, 1.807) is 12.1 Å². The number of aliphatic imine (C=N–C) groups is 1. The van der Waals surface area contributed by atoms with Gasteiger partial charge in [0.05, 0.1) is 22.5 Å². The Labute approximate surface area is 177 Å². The van der Waals surface area contributed by atoms with Gasteiger partial charge in [-0.1, -0.05) is 24.3 Å². The monoisotopic (exact) mass is 428 g/mol. The first-order chi connectivity index (χ1) is 14.4. The number of para-hydroxylation sites is 2. The lowest BCUT2D eigenvalue weighted by molar-refractivity contribution is 0.597. The molecule has 2 aromatic carbocycles. The second-order valence-electron chi connectivity index (χ2n) is 6.97. The van der Waals surface area contributed by atoms with E-state index < -0.39 is 10.0 Å². The number of aromatic nitrogens is 2. The number of hydrogen-bond acceptors (Lipinski definition) is 4. The highest BCUT2D eigenvalue weighted by Crippen LogP contribution is 2.15. The largest absolute Gasteiger partial charge is 0.357 e. The number of primary sulfonamides is 1. The number of aryl methyl sites for hydroxylation is 2. The number of nitrogens with zero attached hydrogens (tertiary/aromatic N) is 3. The Bertz CT molecular complexity index is 1140. The molecule has 0 radical (unpaired) electrons. The fourth-order valence-corrected chi connectivity index (χ4v) is 3.84. The molecule has 0 atom stereocenters. The number of nitrogens with two attached hydrogens (primary N) is 1. The lowest BCUT2D eigenvalue weighted by Crippen LogP contribution is -2.38. The smallest absolute Gasteiger partial charge is 0.238 e. The maximum absolute atomic E-state index is 11.5. The summed E-state index contributed by atoms with van der Waals surface area (Å²) in [5.74, 6) is 1.69. The molecule has 0 fully saturated rings. The molecule has 0 unspecified atom stereocenters. The molecule has 0 aliphatic carbocycles. The summed E-state index contributed by atoms with van der Waals surface area (Å²) in [5, 5.41) is 11.7. The zero-order chi connectivity index (χ0) is 21.6. The van der Waals surface area contributed by atoms with Crippen LogP contribution in [0.2, 0.25) is 0 Å².